The van der Waals surface area contributed by atoms with Crippen molar-refractivity contribution in [3.8, 4) is 0 Å². The SMILES string of the molecule is Cc1nn(Cc2ccccc2)c(Cl)c1C(=O)N1CCN(CC(=O)N2CCc3ccccc32)CC1. The summed E-state index contributed by atoms with van der Waals surface area (Å²) in [4.78, 5) is 32.0. The summed E-state index contributed by atoms with van der Waals surface area (Å²) < 4.78 is 1.68. The van der Waals surface area contributed by atoms with Gasteiger partial charge in [0.05, 0.1) is 24.3 Å². The standard InChI is InChI=1S/C26H28ClN5O2/c1-19-24(25(27)32(28-19)17-20-7-3-2-4-8-20)26(34)30-15-13-29(14-16-30)18-23(33)31-12-11-21-9-5-6-10-22(21)31/h2-10H,11-18H2,1H3. The van der Waals surface area contributed by atoms with E-state index in [9.17, 15) is 9.59 Å². The highest BCUT2D eigenvalue weighted by atomic mass is 35.5. The smallest absolute Gasteiger partial charge is 0.258 e. The molecule has 5 rings (SSSR count). The summed E-state index contributed by atoms with van der Waals surface area (Å²) in [6, 6.07) is 18.0. The summed E-state index contributed by atoms with van der Waals surface area (Å²) in [5.41, 5.74) is 4.43. The molecule has 0 radical (unpaired) electrons. The van der Waals surface area contributed by atoms with Crippen LogP contribution < -0.4 is 4.90 Å². The first kappa shape index (κ1) is 22.6. The van der Waals surface area contributed by atoms with E-state index >= 15 is 0 Å². The highest BCUT2D eigenvalue weighted by Crippen LogP contribution is 2.28. The topological polar surface area (TPSA) is 61.7 Å². The number of hydrogen-bond donors (Lipinski definition) is 0. The average molecular weight is 478 g/mol. The molecule has 0 bridgehead atoms. The monoisotopic (exact) mass is 477 g/mol. The zero-order chi connectivity index (χ0) is 23.7. The minimum Gasteiger partial charge on any atom is -0.336 e. The summed E-state index contributed by atoms with van der Waals surface area (Å²) in [7, 11) is 0. The van der Waals surface area contributed by atoms with E-state index in [1.807, 2.05) is 65.3 Å². The second kappa shape index (κ2) is 9.60. The number of anilines is 1. The molecule has 0 saturated carbocycles. The number of aryl methyl sites for hydroxylation is 1. The summed E-state index contributed by atoms with van der Waals surface area (Å²) in [6.45, 7) is 5.87. The van der Waals surface area contributed by atoms with Crippen LogP contribution in [-0.2, 0) is 17.8 Å². The second-order valence-corrected chi connectivity index (χ2v) is 9.24. The van der Waals surface area contributed by atoms with Crippen LogP contribution in [0.1, 0.15) is 27.2 Å². The number of nitrogens with zero attached hydrogens (tertiary/aromatic N) is 5. The van der Waals surface area contributed by atoms with Gasteiger partial charge in [0.1, 0.15) is 5.15 Å². The summed E-state index contributed by atoms with van der Waals surface area (Å²) >= 11 is 6.60. The average Bonchev–Trinajstić information content (AvgIpc) is 3.40. The van der Waals surface area contributed by atoms with Gasteiger partial charge in [-0.25, -0.2) is 4.68 Å². The molecule has 2 aliphatic heterocycles. The molecule has 1 aromatic heterocycles. The van der Waals surface area contributed by atoms with E-state index in [1.165, 1.54) is 5.56 Å². The fourth-order valence-corrected chi connectivity index (χ4v) is 5.11. The van der Waals surface area contributed by atoms with Crippen LogP contribution in [-0.4, -0.2) is 70.7 Å². The van der Waals surface area contributed by atoms with Gasteiger partial charge in [0, 0.05) is 38.4 Å². The Morgan fingerprint density at radius 2 is 1.65 bits per heavy atom. The highest BCUT2D eigenvalue weighted by molar-refractivity contribution is 6.33. The number of carbonyl (C=O) groups excluding carboxylic acids is 2. The van der Waals surface area contributed by atoms with Crippen molar-refractivity contribution in [1.82, 2.24) is 19.6 Å². The van der Waals surface area contributed by atoms with E-state index < -0.39 is 0 Å². The molecule has 34 heavy (non-hydrogen) atoms. The van der Waals surface area contributed by atoms with E-state index in [0.717, 1.165) is 24.2 Å². The van der Waals surface area contributed by atoms with E-state index in [1.54, 1.807) is 4.68 Å². The van der Waals surface area contributed by atoms with Crippen LogP contribution in [0.3, 0.4) is 0 Å². The van der Waals surface area contributed by atoms with Crippen LogP contribution >= 0.6 is 11.6 Å². The Balaban J connectivity index is 1.19. The van der Waals surface area contributed by atoms with Gasteiger partial charge >= 0.3 is 0 Å². The molecule has 3 aromatic rings. The number of aromatic nitrogens is 2. The molecule has 1 fully saturated rings. The zero-order valence-corrected chi connectivity index (χ0v) is 20.0. The third kappa shape index (κ3) is 4.45. The lowest BCUT2D eigenvalue weighted by molar-refractivity contribution is -0.120. The van der Waals surface area contributed by atoms with Gasteiger partial charge in [-0.1, -0.05) is 60.1 Å². The van der Waals surface area contributed by atoms with Crippen molar-refractivity contribution in [2.75, 3.05) is 44.2 Å². The van der Waals surface area contributed by atoms with Crippen molar-refractivity contribution in [3.05, 3.63) is 82.1 Å². The molecule has 1 saturated heterocycles. The lowest BCUT2D eigenvalue weighted by atomic mass is 10.2. The fourth-order valence-electron chi connectivity index (χ4n) is 4.80. The molecular formula is C26H28ClN5O2. The number of carbonyl (C=O) groups is 2. The summed E-state index contributed by atoms with van der Waals surface area (Å²) in [5, 5.41) is 4.89. The number of para-hydroxylation sites is 1. The molecule has 3 heterocycles. The first-order valence-corrected chi connectivity index (χ1v) is 12.1. The largest absolute Gasteiger partial charge is 0.336 e. The first-order valence-electron chi connectivity index (χ1n) is 11.7. The third-order valence-electron chi connectivity index (χ3n) is 6.66. The number of piperazine rings is 1. The molecule has 0 unspecified atom stereocenters. The predicted molar refractivity (Wildman–Crippen MR) is 132 cm³/mol. The quantitative estimate of drug-likeness (QED) is 0.566. The lowest BCUT2D eigenvalue weighted by Gasteiger charge is -2.35. The van der Waals surface area contributed by atoms with Crippen molar-refractivity contribution in [3.63, 3.8) is 0 Å². The van der Waals surface area contributed by atoms with Gasteiger partial charge < -0.3 is 9.80 Å². The molecule has 8 heteroatoms. The lowest BCUT2D eigenvalue weighted by Crippen LogP contribution is -2.51. The number of hydrogen-bond acceptors (Lipinski definition) is 4. The molecule has 0 spiro atoms. The first-order chi connectivity index (χ1) is 16.5. The van der Waals surface area contributed by atoms with Gasteiger partial charge in [-0.2, -0.15) is 5.10 Å². The van der Waals surface area contributed by atoms with Crippen LogP contribution in [0.5, 0.6) is 0 Å². The Kier molecular flexibility index (Phi) is 6.39. The van der Waals surface area contributed by atoms with Crippen LogP contribution in [0.25, 0.3) is 0 Å². The maximum absolute atomic E-state index is 13.3. The van der Waals surface area contributed by atoms with Crippen molar-refractivity contribution in [2.45, 2.75) is 19.9 Å². The second-order valence-electron chi connectivity index (χ2n) is 8.89. The molecule has 7 nitrogen and oxygen atoms in total. The number of amides is 2. The Morgan fingerprint density at radius 3 is 2.41 bits per heavy atom. The molecule has 2 amide bonds. The van der Waals surface area contributed by atoms with Gasteiger partial charge in [0.2, 0.25) is 5.91 Å². The summed E-state index contributed by atoms with van der Waals surface area (Å²) in [6.07, 6.45) is 0.905. The Morgan fingerprint density at radius 1 is 0.941 bits per heavy atom. The number of fused-ring (bicyclic) bond motifs is 1. The molecule has 0 aliphatic carbocycles. The Hall–Kier alpha value is -3.16. The Bertz CT molecular complexity index is 1200. The molecular weight excluding hydrogens is 450 g/mol. The van der Waals surface area contributed by atoms with Crippen molar-refractivity contribution >= 4 is 29.1 Å². The molecule has 176 valence electrons. The fraction of sp³-hybridized carbons (Fsp3) is 0.346. The van der Waals surface area contributed by atoms with Crippen LogP contribution in [0.15, 0.2) is 54.6 Å². The maximum Gasteiger partial charge on any atom is 0.258 e. The van der Waals surface area contributed by atoms with Crippen LogP contribution in [0.4, 0.5) is 5.69 Å². The van der Waals surface area contributed by atoms with E-state index in [2.05, 4.69) is 16.1 Å². The van der Waals surface area contributed by atoms with Crippen LogP contribution in [0.2, 0.25) is 5.15 Å². The summed E-state index contributed by atoms with van der Waals surface area (Å²) in [5.74, 6) is 0.0204. The van der Waals surface area contributed by atoms with Gasteiger partial charge in [-0.15, -0.1) is 0 Å². The van der Waals surface area contributed by atoms with Crippen molar-refractivity contribution in [1.29, 1.82) is 0 Å². The minimum absolute atomic E-state index is 0.0961. The van der Waals surface area contributed by atoms with Gasteiger partial charge in [0.25, 0.3) is 5.91 Å². The van der Waals surface area contributed by atoms with Crippen molar-refractivity contribution < 1.29 is 9.59 Å². The molecule has 2 aromatic carbocycles. The van der Waals surface area contributed by atoms with Gasteiger partial charge in [0.15, 0.2) is 0 Å². The molecule has 0 N–H and O–H groups in total. The van der Waals surface area contributed by atoms with E-state index in [0.29, 0.717) is 55.7 Å². The molecule has 0 atom stereocenters. The third-order valence-corrected chi connectivity index (χ3v) is 7.05. The Labute approximate surface area is 204 Å². The van der Waals surface area contributed by atoms with Gasteiger partial charge in [-0.05, 0) is 30.5 Å². The predicted octanol–water partition coefficient (Wildman–Crippen LogP) is 3.24. The van der Waals surface area contributed by atoms with E-state index in [-0.39, 0.29) is 11.8 Å². The number of rotatable bonds is 5. The number of benzene rings is 2. The molecule has 2 aliphatic rings. The van der Waals surface area contributed by atoms with Crippen LogP contribution in [0, 0.1) is 6.92 Å². The van der Waals surface area contributed by atoms with Crippen molar-refractivity contribution in [2.24, 2.45) is 0 Å². The normalized spacial score (nSPS) is 16.1. The maximum atomic E-state index is 13.3. The highest BCUT2D eigenvalue weighted by Gasteiger charge is 2.30. The van der Waals surface area contributed by atoms with Gasteiger partial charge in [-0.3, -0.25) is 14.5 Å². The van der Waals surface area contributed by atoms with E-state index in [4.69, 9.17) is 11.6 Å². The number of halogens is 1. The minimum atomic E-state index is -0.0961. The zero-order valence-electron chi connectivity index (χ0n) is 19.3.